The van der Waals surface area contributed by atoms with Gasteiger partial charge >= 0.3 is 0 Å². The molecule has 0 aliphatic heterocycles. The maximum atomic E-state index is 12.4. The molecule has 0 bridgehead atoms. The summed E-state index contributed by atoms with van der Waals surface area (Å²) in [4.78, 5) is 12.4. The lowest BCUT2D eigenvalue weighted by Crippen LogP contribution is -2.13. The van der Waals surface area contributed by atoms with Gasteiger partial charge in [-0.05, 0) is 59.7 Å². The number of amides is 1. The highest BCUT2D eigenvalue weighted by atomic mass is 35.5. The van der Waals surface area contributed by atoms with Crippen molar-refractivity contribution in [2.24, 2.45) is 0 Å². The number of rotatable bonds is 6. The zero-order valence-electron chi connectivity index (χ0n) is 14.2. The summed E-state index contributed by atoms with van der Waals surface area (Å²) in [5.41, 5.74) is 1.51. The molecule has 0 atom stereocenters. The van der Waals surface area contributed by atoms with Gasteiger partial charge in [0.25, 0.3) is 5.91 Å². The average molecular weight is 374 g/mol. The van der Waals surface area contributed by atoms with Gasteiger partial charge in [-0.25, -0.2) is 4.63 Å². The van der Waals surface area contributed by atoms with Gasteiger partial charge in [-0.2, -0.15) is 0 Å². The van der Waals surface area contributed by atoms with E-state index in [9.17, 15) is 4.79 Å². The van der Waals surface area contributed by atoms with E-state index in [1.54, 1.807) is 12.1 Å². The van der Waals surface area contributed by atoms with E-state index in [0.29, 0.717) is 28.6 Å². The van der Waals surface area contributed by atoms with Gasteiger partial charge in [0.2, 0.25) is 5.82 Å². The lowest BCUT2D eigenvalue weighted by Gasteiger charge is -2.07. The minimum absolute atomic E-state index is 0.214. The normalized spacial score (nSPS) is 10.4. The standard InChI is InChI=1S/C18H16ClN3O4/c1-3-25-13-7-4-11(5-8-13)16-17(22-26-21-16)20-18(23)12-6-9-15(24-2)14(19)10-12/h4-10H,3H2,1-2H3,(H,20,22,23). The summed E-state index contributed by atoms with van der Waals surface area (Å²) >= 11 is 6.06. The topological polar surface area (TPSA) is 86.5 Å². The second-order valence-electron chi connectivity index (χ2n) is 5.22. The van der Waals surface area contributed by atoms with Crippen LogP contribution in [0.5, 0.6) is 11.5 Å². The third-order valence-corrected chi connectivity index (χ3v) is 3.87. The number of anilines is 1. The minimum atomic E-state index is -0.391. The van der Waals surface area contributed by atoms with Crippen LogP contribution in [0.4, 0.5) is 5.82 Å². The highest BCUT2D eigenvalue weighted by molar-refractivity contribution is 6.32. The Balaban J connectivity index is 1.80. The van der Waals surface area contributed by atoms with Gasteiger partial charge in [0.15, 0.2) is 5.69 Å². The van der Waals surface area contributed by atoms with Crippen molar-refractivity contribution in [3.8, 4) is 22.8 Å². The average Bonchev–Trinajstić information content (AvgIpc) is 3.10. The minimum Gasteiger partial charge on any atom is -0.495 e. The number of carbonyl (C=O) groups excluding carboxylic acids is 1. The molecule has 3 aromatic rings. The first-order valence-electron chi connectivity index (χ1n) is 7.83. The van der Waals surface area contributed by atoms with Crippen LogP contribution in [0.1, 0.15) is 17.3 Å². The van der Waals surface area contributed by atoms with Crippen LogP contribution >= 0.6 is 11.6 Å². The quantitative estimate of drug-likeness (QED) is 0.701. The zero-order valence-corrected chi connectivity index (χ0v) is 14.9. The molecule has 134 valence electrons. The SMILES string of the molecule is CCOc1ccc(-c2nonc2NC(=O)c2ccc(OC)c(Cl)c2)cc1. The summed E-state index contributed by atoms with van der Waals surface area (Å²) in [5, 5.41) is 10.6. The maximum Gasteiger partial charge on any atom is 0.257 e. The predicted molar refractivity (Wildman–Crippen MR) is 96.9 cm³/mol. The molecular formula is C18H16ClN3O4. The molecule has 1 amide bonds. The Morgan fingerprint density at radius 1 is 1.19 bits per heavy atom. The molecule has 0 aliphatic rings. The molecule has 8 heteroatoms. The second kappa shape index (κ2) is 7.88. The molecule has 0 saturated carbocycles. The van der Waals surface area contributed by atoms with E-state index < -0.39 is 5.91 Å². The van der Waals surface area contributed by atoms with Crippen LogP contribution in [0.15, 0.2) is 47.1 Å². The first kappa shape index (κ1) is 17.8. The van der Waals surface area contributed by atoms with E-state index >= 15 is 0 Å². The maximum absolute atomic E-state index is 12.4. The van der Waals surface area contributed by atoms with Gasteiger partial charge in [0.1, 0.15) is 11.5 Å². The molecule has 3 rings (SSSR count). The number of benzene rings is 2. The van der Waals surface area contributed by atoms with Crippen molar-refractivity contribution in [1.82, 2.24) is 10.3 Å². The molecule has 7 nitrogen and oxygen atoms in total. The van der Waals surface area contributed by atoms with Gasteiger partial charge in [0, 0.05) is 11.1 Å². The van der Waals surface area contributed by atoms with Crippen LogP contribution in [0.3, 0.4) is 0 Å². The van der Waals surface area contributed by atoms with E-state index in [4.69, 9.17) is 25.7 Å². The van der Waals surface area contributed by atoms with Crippen molar-refractivity contribution < 1.29 is 18.9 Å². The summed E-state index contributed by atoms with van der Waals surface area (Å²) in [7, 11) is 1.51. The molecule has 0 aliphatic carbocycles. The fourth-order valence-electron chi connectivity index (χ4n) is 2.32. The Morgan fingerprint density at radius 2 is 1.96 bits per heavy atom. The lowest BCUT2D eigenvalue weighted by molar-refractivity contribution is 0.102. The van der Waals surface area contributed by atoms with Crippen LogP contribution in [0.25, 0.3) is 11.3 Å². The third kappa shape index (κ3) is 3.78. The van der Waals surface area contributed by atoms with Crippen molar-refractivity contribution in [1.29, 1.82) is 0 Å². The van der Waals surface area contributed by atoms with Crippen LogP contribution in [-0.2, 0) is 0 Å². The zero-order chi connectivity index (χ0) is 18.5. The van der Waals surface area contributed by atoms with E-state index in [-0.39, 0.29) is 5.82 Å². The van der Waals surface area contributed by atoms with Crippen LogP contribution in [0.2, 0.25) is 5.02 Å². The van der Waals surface area contributed by atoms with Crippen molar-refractivity contribution >= 4 is 23.3 Å². The van der Waals surface area contributed by atoms with Gasteiger partial charge in [-0.1, -0.05) is 11.6 Å². The van der Waals surface area contributed by atoms with Gasteiger partial charge in [-0.3, -0.25) is 4.79 Å². The number of nitrogens with zero attached hydrogens (tertiary/aromatic N) is 2. The van der Waals surface area contributed by atoms with Crippen molar-refractivity contribution in [2.75, 3.05) is 19.0 Å². The van der Waals surface area contributed by atoms with Crippen molar-refractivity contribution in [2.45, 2.75) is 6.92 Å². The molecule has 1 N–H and O–H groups in total. The highest BCUT2D eigenvalue weighted by Crippen LogP contribution is 2.28. The molecule has 0 spiro atoms. The second-order valence-corrected chi connectivity index (χ2v) is 5.63. The number of hydrogen-bond donors (Lipinski definition) is 1. The van der Waals surface area contributed by atoms with E-state index in [0.717, 1.165) is 11.3 Å². The Bertz CT molecular complexity index is 909. The highest BCUT2D eigenvalue weighted by Gasteiger charge is 2.17. The Labute approximate surface area is 154 Å². The molecular weight excluding hydrogens is 358 g/mol. The summed E-state index contributed by atoms with van der Waals surface area (Å²) in [6, 6.07) is 12.0. The van der Waals surface area contributed by atoms with Crippen LogP contribution < -0.4 is 14.8 Å². The van der Waals surface area contributed by atoms with E-state index in [2.05, 4.69) is 15.6 Å². The Morgan fingerprint density at radius 3 is 2.62 bits per heavy atom. The summed E-state index contributed by atoms with van der Waals surface area (Å²) in [6.45, 7) is 2.49. The largest absolute Gasteiger partial charge is 0.495 e. The van der Waals surface area contributed by atoms with Crippen LogP contribution in [0, 0.1) is 0 Å². The third-order valence-electron chi connectivity index (χ3n) is 3.57. The first-order valence-corrected chi connectivity index (χ1v) is 8.21. The van der Waals surface area contributed by atoms with E-state index in [1.807, 2.05) is 31.2 Å². The van der Waals surface area contributed by atoms with Crippen molar-refractivity contribution in [3.63, 3.8) is 0 Å². The van der Waals surface area contributed by atoms with Gasteiger partial charge < -0.3 is 14.8 Å². The Kier molecular flexibility index (Phi) is 5.38. The fraction of sp³-hybridized carbons (Fsp3) is 0.167. The van der Waals surface area contributed by atoms with Gasteiger partial charge in [0.05, 0.1) is 18.7 Å². The smallest absolute Gasteiger partial charge is 0.257 e. The molecule has 1 heterocycles. The summed E-state index contributed by atoms with van der Waals surface area (Å²) in [5.74, 6) is 1.05. The summed E-state index contributed by atoms with van der Waals surface area (Å²) in [6.07, 6.45) is 0. The Hall–Kier alpha value is -3.06. The number of carbonyl (C=O) groups is 1. The molecule has 0 saturated heterocycles. The fourth-order valence-corrected chi connectivity index (χ4v) is 2.58. The molecule has 0 fully saturated rings. The molecule has 26 heavy (non-hydrogen) atoms. The first-order chi connectivity index (χ1) is 12.6. The number of aromatic nitrogens is 2. The molecule has 0 unspecified atom stereocenters. The molecule has 0 radical (unpaired) electrons. The number of halogens is 1. The predicted octanol–water partition coefficient (Wildman–Crippen LogP) is 4.05. The molecule has 2 aromatic carbocycles. The number of hydrogen-bond acceptors (Lipinski definition) is 6. The number of methoxy groups -OCH3 is 1. The van der Waals surface area contributed by atoms with Gasteiger partial charge in [-0.15, -0.1) is 0 Å². The van der Waals surface area contributed by atoms with Crippen molar-refractivity contribution in [3.05, 3.63) is 53.1 Å². The lowest BCUT2D eigenvalue weighted by atomic mass is 10.1. The van der Waals surface area contributed by atoms with Crippen LogP contribution in [-0.4, -0.2) is 29.9 Å². The molecule has 1 aromatic heterocycles. The number of nitrogens with one attached hydrogen (secondary N) is 1. The van der Waals surface area contributed by atoms with E-state index in [1.165, 1.54) is 13.2 Å². The summed E-state index contributed by atoms with van der Waals surface area (Å²) < 4.78 is 15.3. The number of ether oxygens (including phenoxy) is 2. The monoisotopic (exact) mass is 373 g/mol.